The van der Waals surface area contributed by atoms with E-state index in [1.807, 2.05) is 37.4 Å². The third-order valence-electron chi connectivity index (χ3n) is 5.40. The number of carbonyl (C=O) groups is 1. The quantitative estimate of drug-likeness (QED) is 0.694. The molecule has 1 aliphatic rings. The molecule has 0 aromatic heterocycles. The summed E-state index contributed by atoms with van der Waals surface area (Å²) in [6.07, 6.45) is 1.35. The Morgan fingerprint density at radius 1 is 1.17 bits per heavy atom. The summed E-state index contributed by atoms with van der Waals surface area (Å²) in [6.45, 7) is 1.81. The van der Waals surface area contributed by atoms with Crippen molar-refractivity contribution in [2.75, 3.05) is 45.2 Å². The fourth-order valence-electron chi connectivity index (χ4n) is 3.57. The molecule has 2 aromatic rings. The number of piperidine rings is 1. The summed E-state index contributed by atoms with van der Waals surface area (Å²) >= 11 is 0. The maximum absolute atomic E-state index is 13.0. The van der Waals surface area contributed by atoms with Gasteiger partial charge in [0.15, 0.2) is 0 Å². The lowest BCUT2D eigenvalue weighted by Gasteiger charge is -2.31. The topological polar surface area (TPSA) is 79.0 Å². The summed E-state index contributed by atoms with van der Waals surface area (Å²) in [6, 6.07) is 16.3. The van der Waals surface area contributed by atoms with E-state index in [2.05, 4.69) is 10.2 Å². The van der Waals surface area contributed by atoms with Crippen LogP contribution in [0.1, 0.15) is 12.8 Å². The van der Waals surface area contributed by atoms with Crippen molar-refractivity contribution in [3.05, 3.63) is 54.6 Å². The van der Waals surface area contributed by atoms with Crippen LogP contribution < -0.4 is 15.0 Å². The number of hydrogen-bond donors (Lipinski definition) is 1. The predicted molar refractivity (Wildman–Crippen MR) is 117 cm³/mol. The summed E-state index contributed by atoms with van der Waals surface area (Å²) in [5.74, 6) is 0.171. The van der Waals surface area contributed by atoms with E-state index in [0.29, 0.717) is 38.2 Å². The highest BCUT2D eigenvalue weighted by Crippen LogP contribution is 2.25. The molecule has 1 amide bonds. The Balaban J connectivity index is 1.55. The summed E-state index contributed by atoms with van der Waals surface area (Å²) < 4.78 is 32.4. The van der Waals surface area contributed by atoms with E-state index in [4.69, 9.17) is 4.74 Å². The fraction of sp³-hybridized carbons (Fsp3) is 0.409. The molecule has 1 atom stereocenters. The monoisotopic (exact) mass is 431 g/mol. The number of para-hydroxylation sites is 1. The Morgan fingerprint density at radius 2 is 1.87 bits per heavy atom. The van der Waals surface area contributed by atoms with Gasteiger partial charge in [0.2, 0.25) is 15.9 Å². The molecule has 0 bridgehead atoms. The number of sulfonamides is 1. The van der Waals surface area contributed by atoms with Crippen molar-refractivity contribution >= 4 is 21.6 Å². The normalized spacial score (nSPS) is 17.3. The molecule has 0 spiro atoms. The number of amides is 1. The van der Waals surface area contributed by atoms with Crippen LogP contribution in [-0.4, -0.2) is 59.0 Å². The van der Waals surface area contributed by atoms with E-state index >= 15 is 0 Å². The van der Waals surface area contributed by atoms with Gasteiger partial charge in [-0.3, -0.25) is 4.79 Å². The van der Waals surface area contributed by atoms with E-state index in [0.717, 1.165) is 5.69 Å². The van der Waals surface area contributed by atoms with Gasteiger partial charge in [-0.25, -0.2) is 8.42 Å². The van der Waals surface area contributed by atoms with Gasteiger partial charge in [0, 0.05) is 38.9 Å². The lowest BCUT2D eigenvalue weighted by Crippen LogP contribution is -2.46. The number of hydrogen-bond acceptors (Lipinski definition) is 5. The molecule has 1 unspecified atom stereocenters. The van der Waals surface area contributed by atoms with Crippen LogP contribution in [-0.2, 0) is 14.8 Å². The number of benzene rings is 2. The summed E-state index contributed by atoms with van der Waals surface area (Å²) in [7, 11) is -0.120. The van der Waals surface area contributed by atoms with Crippen molar-refractivity contribution in [3.8, 4) is 5.75 Å². The largest absolute Gasteiger partial charge is 0.497 e. The Bertz CT molecular complexity index is 933. The Labute approximate surface area is 178 Å². The molecule has 162 valence electrons. The number of rotatable bonds is 8. The maximum Gasteiger partial charge on any atom is 0.243 e. The lowest BCUT2D eigenvalue weighted by atomic mass is 9.99. The molecular formula is C22H29N3O4S. The van der Waals surface area contributed by atoms with Crippen LogP contribution >= 0.6 is 0 Å². The van der Waals surface area contributed by atoms with Crippen LogP contribution in [0.2, 0.25) is 0 Å². The minimum absolute atomic E-state index is 0.0916. The second-order valence-electron chi connectivity index (χ2n) is 7.43. The van der Waals surface area contributed by atoms with Gasteiger partial charge in [0.25, 0.3) is 0 Å². The Kier molecular flexibility index (Phi) is 7.33. The average molecular weight is 432 g/mol. The maximum atomic E-state index is 13.0. The third-order valence-corrected chi connectivity index (χ3v) is 7.27. The average Bonchev–Trinajstić information content (AvgIpc) is 2.79. The van der Waals surface area contributed by atoms with E-state index in [-0.39, 0.29) is 23.3 Å². The zero-order chi connectivity index (χ0) is 21.6. The van der Waals surface area contributed by atoms with Crippen LogP contribution in [0.5, 0.6) is 5.75 Å². The number of nitrogens with zero attached hydrogens (tertiary/aromatic N) is 2. The van der Waals surface area contributed by atoms with E-state index in [1.54, 1.807) is 12.1 Å². The van der Waals surface area contributed by atoms with Crippen molar-refractivity contribution in [1.82, 2.24) is 9.62 Å². The first kappa shape index (κ1) is 22.1. The molecule has 0 saturated carbocycles. The number of methoxy groups -OCH3 is 1. The molecule has 0 aliphatic carbocycles. The van der Waals surface area contributed by atoms with Gasteiger partial charge >= 0.3 is 0 Å². The highest BCUT2D eigenvalue weighted by molar-refractivity contribution is 7.89. The number of carbonyl (C=O) groups excluding carboxylic acids is 1. The fourth-order valence-corrected chi connectivity index (χ4v) is 5.10. The predicted octanol–water partition coefficient (Wildman–Crippen LogP) is 2.35. The van der Waals surface area contributed by atoms with Crippen LogP contribution in [0, 0.1) is 5.92 Å². The molecule has 7 nitrogen and oxygen atoms in total. The first-order valence-corrected chi connectivity index (χ1v) is 11.5. The molecular weight excluding hydrogens is 402 g/mol. The minimum Gasteiger partial charge on any atom is -0.497 e. The molecule has 1 aliphatic heterocycles. The SMILES string of the molecule is COc1ccc(S(=O)(=O)N2CCCC(C(=O)NCCN(C)c3ccccc3)C2)cc1. The van der Waals surface area contributed by atoms with Gasteiger partial charge < -0.3 is 15.0 Å². The molecule has 1 saturated heterocycles. The number of anilines is 1. The molecule has 1 fully saturated rings. The third kappa shape index (κ3) is 5.31. The minimum atomic E-state index is -3.63. The van der Waals surface area contributed by atoms with E-state index in [9.17, 15) is 13.2 Å². The molecule has 8 heteroatoms. The molecule has 1 heterocycles. The molecule has 2 aromatic carbocycles. The van der Waals surface area contributed by atoms with E-state index in [1.165, 1.54) is 23.5 Å². The highest BCUT2D eigenvalue weighted by atomic mass is 32.2. The molecule has 3 rings (SSSR count). The summed E-state index contributed by atoms with van der Waals surface area (Å²) in [4.78, 5) is 14.9. The molecule has 0 radical (unpaired) electrons. The van der Waals surface area contributed by atoms with Crippen LogP contribution in [0.25, 0.3) is 0 Å². The number of ether oxygens (including phenoxy) is 1. The van der Waals surface area contributed by atoms with Gasteiger partial charge in [-0.15, -0.1) is 0 Å². The first-order valence-electron chi connectivity index (χ1n) is 10.1. The van der Waals surface area contributed by atoms with Crippen molar-refractivity contribution in [3.63, 3.8) is 0 Å². The van der Waals surface area contributed by atoms with Gasteiger partial charge in [-0.1, -0.05) is 18.2 Å². The van der Waals surface area contributed by atoms with Crippen molar-refractivity contribution in [1.29, 1.82) is 0 Å². The van der Waals surface area contributed by atoms with Crippen LogP contribution in [0.4, 0.5) is 5.69 Å². The van der Waals surface area contributed by atoms with Crippen molar-refractivity contribution < 1.29 is 17.9 Å². The van der Waals surface area contributed by atoms with Gasteiger partial charge in [0.05, 0.1) is 17.9 Å². The first-order chi connectivity index (χ1) is 14.4. The number of nitrogens with one attached hydrogen (secondary N) is 1. The van der Waals surface area contributed by atoms with Gasteiger partial charge in [0.1, 0.15) is 5.75 Å². The summed E-state index contributed by atoms with van der Waals surface area (Å²) in [5, 5.41) is 2.96. The standard InChI is InChI=1S/C22H29N3O4S/c1-24(19-8-4-3-5-9-19)16-14-23-22(26)18-7-6-15-25(17-18)30(27,28)21-12-10-20(29-2)11-13-21/h3-5,8-13,18H,6-7,14-17H2,1-2H3,(H,23,26). The smallest absolute Gasteiger partial charge is 0.243 e. The zero-order valence-corrected chi connectivity index (χ0v) is 18.3. The van der Waals surface area contributed by atoms with E-state index < -0.39 is 10.0 Å². The summed E-state index contributed by atoms with van der Waals surface area (Å²) in [5.41, 5.74) is 1.08. The van der Waals surface area contributed by atoms with Gasteiger partial charge in [-0.05, 0) is 49.2 Å². The Hall–Kier alpha value is -2.58. The Morgan fingerprint density at radius 3 is 2.53 bits per heavy atom. The highest BCUT2D eigenvalue weighted by Gasteiger charge is 2.33. The molecule has 1 N–H and O–H groups in total. The number of likely N-dealkylation sites (N-methyl/N-ethyl adjacent to an activating group) is 1. The zero-order valence-electron chi connectivity index (χ0n) is 17.5. The lowest BCUT2D eigenvalue weighted by molar-refractivity contribution is -0.126. The second kappa shape index (κ2) is 9.95. The van der Waals surface area contributed by atoms with Crippen molar-refractivity contribution in [2.45, 2.75) is 17.7 Å². The van der Waals surface area contributed by atoms with Crippen LogP contribution in [0.3, 0.4) is 0 Å². The van der Waals surface area contributed by atoms with Crippen LogP contribution in [0.15, 0.2) is 59.5 Å². The van der Waals surface area contributed by atoms with Gasteiger partial charge in [-0.2, -0.15) is 4.31 Å². The van der Waals surface area contributed by atoms with Crippen molar-refractivity contribution in [2.24, 2.45) is 5.92 Å². The second-order valence-corrected chi connectivity index (χ2v) is 9.36. The molecule has 30 heavy (non-hydrogen) atoms.